The van der Waals surface area contributed by atoms with Gasteiger partial charge in [-0.1, -0.05) is 17.9 Å². The molecule has 5 aromatic rings. The summed E-state index contributed by atoms with van der Waals surface area (Å²) in [5.41, 5.74) is 2.28. The predicted octanol–water partition coefficient (Wildman–Crippen LogP) is 3.75. The zero-order valence-corrected chi connectivity index (χ0v) is 34.0. The van der Waals surface area contributed by atoms with Gasteiger partial charge in [0.05, 0.1) is 41.1 Å². The molecule has 1 unspecified atom stereocenters. The highest BCUT2D eigenvalue weighted by atomic mass is 19.3. The third kappa shape index (κ3) is 7.47. The summed E-state index contributed by atoms with van der Waals surface area (Å²) in [7, 11) is 1.68. The highest BCUT2D eigenvalue weighted by molar-refractivity contribution is 6.08. The summed E-state index contributed by atoms with van der Waals surface area (Å²) in [6.45, 7) is 7.07. The number of amides is 3. The van der Waals surface area contributed by atoms with E-state index in [1.165, 1.54) is 32.7 Å². The maximum atomic E-state index is 14.3. The number of carbonyl (C=O) groups excluding carboxylic acids is 3. The molecule has 3 amide bonds. The van der Waals surface area contributed by atoms with Crippen molar-refractivity contribution in [2.45, 2.75) is 69.9 Å². The van der Waals surface area contributed by atoms with Crippen LogP contribution >= 0.6 is 0 Å². The summed E-state index contributed by atoms with van der Waals surface area (Å²) in [6.07, 6.45) is 8.36. The number of anilines is 2. The number of aromatic nitrogens is 7. The molecule has 5 aliphatic rings. The van der Waals surface area contributed by atoms with Gasteiger partial charge in [-0.15, -0.1) is 0 Å². The monoisotopic (exact) mass is 834 g/mol. The summed E-state index contributed by atoms with van der Waals surface area (Å²) in [5.74, 6) is 6.50. The molecule has 4 aromatic heterocycles. The van der Waals surface area contributed by atoms with Gasteiger partial charge in [0.1, 0.15) is 17.4 Å². The zero-order chi connectivity index (χ0) is 42.0. The van der Waals surface area contributed by atoms with Crippen LogP contribution in [0.15, 0.2) is 47.7 Å². The first kappa shape index (κ1) is 39.2. The second-order valence-electron chi connectivity index (χ2n) is 17.5. The van der Waals surface area contributed by atoms with Gasteiger partial charge in [-0.25, -0.2) is 23.1 Å². The second-order valence-corrected chi connectivity index (χ2v) is 17.5. The number of benzene rings is 1. The lowest BCUT2D eigenvalue weighted by Gasteiger charge is -2.40. The average Bonchev–Trinajstić information content (AvgIpc) is 3.65. The summed E-state index contributed by atoms with van der Waals surface area (Å²) in [6, 6.07) is 6.62. The van der Waals surface area contributed by atoms with Crippen LogP contribution in [-0.4, -0.2) is 113 Å². The Morgan fingerprint density at radius 1 is 1.02 bits per heavy atom. The number of imidazole rings is 1. The number of hydrogen-bond donors (Lipinski definition) is 2. The lowest BCUT2D eigenvalue weighted by molar-refractivity contribution is -0.135. The van der Waals surface area contributed by atoms with Gasteiger partial charge >= 0.3 is 5.69 Å². The van der Waals surface area contributed by atoms with Crippen molar-refractivity contribution in [3.8, 4) is 11.8 Å². The van der Waals surface area contributed by atoms with Crippen molar-refractivity contribution >= 4 is 45.9 Å². The molecular weight excluding hydrogens is 787 g/mol. The van der Waals surface area contributed by atoms with Crippen molar-refractivity contribution < 1.29 is 23.2 Å². The van der Waals surface area contributed by atoms with Crippen LogP contribution in [0.1, 0.15) is 91.5 Å². The molecule has 0 bridgehead atoms. The maximum Gasteiger partial charge on any atom is 0.329 e. The first-order chi connectivity index (χ1) is 29.5. The molecule has 0 radical (unpaired) electrons. The van der Waals surface area contributed by atoms with E-state index in [4.69, 9.17) is 4.98 Å². The average molecular weight is 835 g/mol. The molecule has 7 heterocycles. The molecule has 3 saturated heterocycles. The van der Waals surface area contributed by atoms with Gasteiger partial charge in [0.15, 0.2) is 11.3 Å². The number of nitrogens with zero attached hydrogens (tertiary/aromatic N) is 10. The van der Waals surface area contributed by atoms with Gasteiger partial charge in [0.2, 0.25) is 11.8 Å². The number of nitrogens with one attached hydrogen (secondary N) is 2. The Balaban J connectivity index is 0.715. The summed E-state index contributed by atoms with van der Waals surface area (Å²) >= 11 is 0. The van der Waals surface area contributed by atoms with Crippen LogP contribution in [-0.2, 0) is 16.6 Å². The standard InChI is InChI=1S/C43H48F2N12O4/c1-51-37-28(4-2-6-32(37)57(42(51)61)33-11-12-35(58)49-41(33)60)5-3-16-52-18-20-53(21-19-52)23-27-7-9-29(10-8-27)56-24-31(36(50-56)38(44)45)47-40(59)30-22-46-55-17-13-34(48-39(30)55)54-25-43(26-54)14-15-43/h2,4,6,13,17,22,24,27,29,33,38H,7-12,14-16,18-21,23,25-26H2,1H3,(H,47,59)(H,49,58,60). The van der Waals surface area contributed by atoms with Crippen molar-refractivity contribution in [2.75, 3.05) is 62.6 Å². The number of aryl methyl sites for hydroxylation is 1. The number of para-hydroxylation sites is 1. The summed E-state index contributed by atoms with van der Waals surface area (Å²) in [4.78, 5) is 62.8. The summed E-state index contributed by atoms with van der Waals surface area (Å²) in [5, 5.41) is 13.6. The van der Waals surface area contributed by atoms with Crippen LogP contribution < -0.4 is 21.2 Å². The Kier molecular flexibility index (Phi) is 9.98. The van der Waals surface area contributed by atoms with Crippen LogP contribution in [0.3, 0.4) is 0 Å². The number of piperazine rings is 1. The van der Waals surface area contributed by atoms with E-state index in [-0.39, 0.29) is 41.7 Å². The fourth-order valence-electron chi connectivity index (χ4n) is 9.76. The van der Waals surface area contributed by atoms with E-state index < -0.39 is 30.0 Å². The first-order valence-corrected chi connectivity index (χ1v) is 21.3. The molecule has 18 heteroatoms. The molecule has 1 atom stereocenters. The SMILES string of the molecule is Cn1c(=O)n(C2CCC(=O)NC2=O)c2cccc(C#CCN3CCN(CC4CCC(n5cc(NC(=O)c6cnn7ccc(N8CC9(CC9)C8)nc67)c(C(F)F)n5)CC4)CC3)c21. The molecule has 2 saturated carbocycles. The number of halogens is 2. The van der Waals surface area contributed by atoms with Crippen molar-refractivity contribution in [1.82, 2.24) is 48.6 Å². The third-order valence-corrected chi connectivity index (χ3v) is 13.5. The van der Waals surface area contributed by atoms with Gasteiger partial charge in [-0.2, -0.15) is 10.2 Å². The Bertz CT molecular complexity index is 2660. The van der Waals surface area contributed by atoms with E-state index in [1.807, 2.05) is 24.3 Å². The molecule has 10 rings (SSSR count). The molecule has 3 aliphatic heterocycles. The van der Waals surface area contributed by atoms with Gasteiger partial charge in [0, 0.05) is 77.1 Å². The van der Waals surface area contributed by atoms with Gasteiger partial charge < -0.3 is 15.1 Å². The number of piperidine rings is 1. The topological polar surface area (TPSA) is 160 Å². The van der Waals surface area contributed by atoms with E-state index in [1.54, 1.807) is 24.1 Å². The van der Waals surface area contributed by atoms with Crippen LogP contribution in [0.2, 0.25) is 0 Å². The van der Waals surface area contributed by atoms with Crippen molar-refractivity contribution in [3.05, 3.63) is 70.2 Å². The van der Waals surface area contributed by atoms with E-state index in [0.717, 1.165) is 77.3 Å². The molecule has 5 fully saturated rings. The number of rotatable bonds is 9. The number of imide groups is 1. The molecular formula is C43H48F2N12O4. The van der Waals surface area contributed by atoms with E-state index in [0.29, 0.717) is 40.1 Å². The number of carbonyl (C=O) groups is 3. The molecule has 2 N–H and O–H groups in total. The summed E-state index contributed by atoms with van der Waals surface area (Å²) < 4.78 is 34.7. The quantitative estimate of drug-likeness (QED) is 0.166. The minimum atomic E-state index is -2.85. The van der Waals surface area contributed by atoms with Gasteiger partial charge in [-0.05, 0) is 69.1 Å². The van der Waals surface area contributed by atoms with Crippen molar-refractivity contribution in [2.24, 2.45) is 18.4 Å². The van der Waals surface area contributed by atoms with Gasteiger partial charge in [0.25, 0.3) is 12.3 Å². The molecule has 1 spiro atoms. The molecule has 1 aromatic carbocycles. The van der Waals surface area contributed by atoms with E-state index >= 15 is 0 Å². The highest BCUT2D eigenvalue weighted by Crippen LogP contribution is 2.53. The largest absolute Gasteiger partial charge is 0.355 e. The fraction of sp³-hybridized carbons (Fsp3) is 0.512. The van der Waals surface area contributed by atoms with E-state index in [9.17, 15) is 28.0 Å². The Morgan fingerprint density at radius 2 is 1.79 bits per heavy atom. The number of alkyl halides is 2. The first-order valence-electron chi connectivity index (χ1n) is 21.3. The Hall–Kier alpha value is -5.93. The van der Waals surface area contributed by atoms with Crippen LogP contribution in [0.4, 0.5) is 20.3 Å². The molecule has 2 aliphatic carbocycles. The van der Waals surface area contributed by atoms with Crippen LogP contribution in [0, 0.1) is 23.2 Å². The smallest absolute Gasteiger partial charge is 0.329 e. The lowest BCUT2D eigenvalue weighted by Crippen LogP contribution is -2.48. The Morgan fingerprint density at radius 3 is 2.52 bits per heavy atom. The minimum Gasteiger partial charge on any atom is -0.355 e. The number of fused-ring (bicyclic) bond motifs is 2. The second kappa shape index (κ2) is 15.5. The van der Waals surface area contributed by atoms with E-state index in [2.05, 4.69) is 47.4 Å². The minimum absolute atomic E-state index is 0.00477. The van der Waals surface area contributed by atoms with Crippen LogP contribution in [0.25, 0.3) is 16.7 Å². The van der Waals surface area contributed by atoms with Gasteiger partial charge in [-0.3, -0.25) is 38.4 Å². The maximum absolute atomic E-state index is 14.3. The number of hydrogen-bond acceptors (Lipinski definition) is 10. The third-order valence-electron chi connectivity index (χ3n) is 13.5. The zero-order valence-electron chi connectivity index (χ0n) is 34.0. The molecule has 318 valence electrons. The van der Waals surface area contributed by atoms with Crippen molar-refractivity contribution in [1.29, 1.82) is 0 Å². The fourth-order valence-corrected chi connectivity index (χ4v) is 9.76. The molecule has 16 nitrogen and oxygen atoms in total. The highest BCUT2D eigenvalue weighted by Gasteiger charge is 2.52. The molecule has 61 heavy (non-hydrogen) atoms. The predicted molar refractivity (Wildman–Crippen MR) is 221 cm³/mol. The lowest BCUT2D eigenvalue weighted by atomic mass is 9.85. The van der Waals surface area contributed by atoms with Crippen molar-refractivity contribution in [3.63, 3.8) is 0 Å². The van der Waals surface area contributed by atoms with Crippen LogP contribution in [0.5, 0.6) is 0 Å². The Labute approximate surface area is 349 Å². The normalized spacial score (nSPS) is 23.0.